The van der Waals surface area contributed by atoms with Crippen LogP contribution in [0.25, 0.3) is 0 Å². The summed E-state index contributed by atoms with van der Waals surface area (Å²) >= 11 is 0. The lowest BCUT2D eigenvalue weighted by Gasteiger charge is -2.31. The van der Waals surface area contributed by atoms with Gasteiger partial charge < -0.3 is 35.0 Å². The number of imide groups is 1. The van der Waals surface area contributed by atoms with Crippen LogP contribution in [-0.4, -0.2) is 103 Å². The highest BCUT2D eigenvalue weighted by atomic mass is 16.5. The molecule has 202 valence electrons. The third-order valence-corrected chi connectivity index (χ3v) is 6.98. The Balaban J connectivity index is 1.09. The number of hydrogen-bond acceptors (Lipinski definition) is 8. The van der Waals surface area contributed by atoms with Gasteiger partial charge in [-0.25, -0.2) is 4.79 Å². The first kappa shape index (κ1) is 26.8. The van der Waals surface area contributed by atoms with Crippen LogP contribution in [-0.2, 0) is 25.6 Å². The standard InChI is InChI=1S/C25H35N5O7/c31-22-5-4-21(23(32)28-22)30-16-19-18(24(30)33)2-1-3-20(19)26-8-12-36-14-15-37-13-11-29-9-6-17(7-10-29)27-25(34)35/h1-3,17,21,26-27H,4-16H2,(H,34,35)(H,28,31,32). The molecule has 12 heteroatoms. The summed E-state index contributed by atoms with van der Waals surface area (Å²) in [5.41, 5.74) is 2.26. The molecule has 0 bridgehead atoms. The first-order chi connectivity index (χ1) is 17.9. The lowest BCUT2D eigenvalue weighted by molar-refractivity contribution is -0.136. The third kappa shape index (κ3) is 7.18. The van der Waals surface area contributed by atoms with Crippen molar-refractivity contribution in [2.75, 3.05) is 57.9 Å². The van der Waals surface area contributed by atoms with E-state index in [0.29, 0.717) is 51.5 Å². The molecule has 3 heterocycles. The normalized spacial score (nSPS) is 20.6. The quantitative estimate of drug-likeness (QED) is 0.231. The van der Waals surface area contributed by atoms with E-state index in [1.807, 2.05) is 12.1 Å². The monoisotopic (exact) mass is 517 g/mol. The molecule has 1 aromatic carbocycles. The fourth-order valence-electron chi connectivity index (χ4n) is 5.00. The molecule has 4 N–H and O–H groups in total. The highest BCUT2D eigenvalue weighted by Gasteiger charge is 2.39. The number of anilines is 1. The Morgan fingerprint density at radius 1 is 1.05 bits per heavy atom. The van der Waals surface area contributed by atoms with Gasteiger partial charge in [-0.2, -0.15) is 0 Å². The number of fused-ring (bicyclic) bond motifs is 1. The average Bonchev–Trinajstić information content (AvgIpc) is 3.20. The molecular weight excluding hydrogens is 482 g/mol. The Labute approximate surface area is 215 Å². The van der Waals surface area contributed by atoms with Crippen molar-refractivity contribution in [3.63, 3.8) is 0 Å². The van der Waals surface area contributed by atoms with Crippen molar-refractivity contribution in [3.05, 3.63) is 29.3 Å². The van der Waals surface area contributed by atoms with E-state index < -0.39 is 18.0 Å². The largest absolute Gasteiger partial charge is 0.465 e. The van der Waals surface area contributed by atoms with Crippen molar-refractivity contribution in [1.82, 2.24) is 20.4 Å². The number of ether oxygens (including phenoxy) is 2. The van der Waals surface area contributed by atoms with Gasteiger partial charge in [0.15, 0.2) is 0 Å². The Kier molecular flexibility index (Phi) is 9.31. The van der Waals surface area contributed by atoms with Gasteiger partial charge in [-0.05, 0) is 31.4 Å². The zero-order valence-corrected chi connectivity index (χ0v) is 20.9. The molecule has 0 radical (unpaired) electrons. The van der Waals surface area contributed by atoms with Crippen molar-refractivity contribution in [1.29, 1.82) is 0 Å². The topological polar surface area (TPSA) is 150 Å². The van der Waals surface area contributed by atoms with Crippen LogP contribution in [0.4, 0.5) is 10.5 Å². The molecule has 1 unspecified atom stereocenters. The van der Waals surface area contributed by atoms with Crippen LogP contribution in [0.1, 0.15) is 41.6 Å². The van der Waals surface area contributed by atoms with Gasteiger partial charge >= 0.3 is 6.09 Å². The van der Waals surface area contributed by atoms with Gasteiger partial charge in [-0.3, -0.25) is 19.7 Å². The Morgan fingerprint density at radius 2 is 1.81 bits per heavy atom. The van der Waals surface area contributed by atoms with Crippen LogP contribution < -0.4 is 16.0 Å². The fourth-order valence-corrected chi connectivity index (χ4v) is 5.00. The van der Waals surface area contributed by atoms with E-state index in [1.54, 1.807) is 11.0 Å². The zero-order chi connectivity index (χ0) is 26.2. The number of nitrogens with one attached hydrogen (secondary N) is 3. The molecule has 0 aliphatic carbocycles. The number of rotatable bonds is 12. The third-order valence-electron chi connectivity index (χ3n) is 6.98. The van der Waals surface area contributed by atoms with E-state index in [0.717, 1.165) is 43.7 Å². The van der Waals surface area contributed by atoms with E-state index in [2.05, 4.69) is 20.9 Å². The molecule has 2 saturated heterocycles. The summed E-state index contributed by atoms with van der Waals surface area (Å²) in [4.78, 5) is 51.1. The molecule has 4 rings (SSSR count). The zero-order valence-electron chi connectivity index (χ0n) is 20.9. The number of hydrogen-bond donors (Lipinski definition) is 4. The number of piperidine rings is 2. The summed E-state index contributed by atoms with van der Waals surface area (Å²) in [6.45, 7) is 5.46. The second-order valence-corrected chi connectivity index (χ2v) is 9.45. The number of benzene rings is 1. The second-order valence-electron chi connectivity index (χ2n) is 9.45. The van der Waals surface area contributed by atoms with Gasteiger partial charge in [0.2, 0.25) is 11.8 Å². The molecule has 3 aliphatic rings. The first-order valence-corrected chi connectivity index (χ1v) is 12.8. The maximum atomic E-state index is 12.9. The molecular formula is C25H35N5O7. The van der Waals surface area contributed by atoms with Crippen molar-refractivity contribution < 1.29 is 33.8 Å². The van der Waals surface area contributed by atoms with Crippen LogP contribution >= 0.6 is 0 Å². The van der Waals surface area contributed by atoms with Crippen LogP contribution in [0.15, 0.2) is 18.2 Å². The summed E-state index contributed by atoms with van der Waals surface area (Å²) in [6.07, 6.45) is 1.24. The molecule has 2 fully saturated rings. The predicted octanol–water partition coefficient (Wildman–Crippen LogP) is 0.625. The highest BCUT2D eigenvalue weighted by Crippen LogP contribution is 2.32. The van der Waals surface area contributed by atoms with Crippen LogP contribution in [0.3, 0.4) is 0 Å². The molecule has 3 aliphatic heterocycles. The average molecular weight is 518 g/mol. The van der Waals surface area contributed by atoms with Crippen molar-refractivity contribution in [3.8, 4) is 0 Å². The Morgan fingerprint density at radius 3 is 2.54 bits per heavy atom. The van der Waals surface area contributed by atoms with Gasteiger partial charge in [0.05, 0.1) is 26.4 Å². The smallest absolute Gasteiger partial charge is 0.404 e. The summed E-state index contributed by atoms with van der Waals surface area (Å²) in [6, 6.07) is 4.89. The number of carbonyl (C=O) groups is 4. The Hall–Kier alpha value is -3.22. The molecule has 0 aromatic heterocycles. The number of carbonyl (C=O) groups excluding carboxylic acids is 3. The molecule has 4 amide bonds. The van der Waals surface area contributed by atoms with E-state index in [9.17, 15) is 19.2 Å². The summed E-state index contributed by atoms with van der Waals surface area (Å²) < 4.78 is 11.3. The lowest BCUT2D eigenvalue weighted by atomic mass is 10.0. The van der Waals surface area contributed by atoms with E-state index in [4.69, 9.17) is 14.6 Å². The highest BCUT2D eigenvalue weighted by molar-refractivity contribution is 6.06. The number of nitrogens with zero attached hydrogens (tertiary/aromatic N) is 2. The minimum atomic E-state index is -0.962. The molecule has 0 spiro atoms. The van der Waals surface area contributed by atoms with Gasteiger partial charge in [-0.1, -0.05) is 6.07 Å². The first-order valence-electron chi connectivity index (χ1n) is 12.8. The SMILES string of the molecule is O=C(O)NC1CCN(CCOCCOCCNc2cccc3c2CN(C2CCC(=O)NC2=O)C3=O)CC1. The van der Waals surface area contributed by atoms with E-state index in [-0.39, 0.29) is 24.3 Å². The second kappa shape index (κ2) is 12.8. The fraction of sp³-hybridized carbons (Fsp3) is 0.600. The maximum absolute atomic E-state index is 12.9. The van der Waals surface area contributed by atoms with Crippen molar-refractivity contribution in [2.45, 2.75) is 44.3 Å². The molecule has 37 heavy (non-hydrogen) atoms. The summed E-state index contributed by atoms with van der Waals surface area (Å²) in [7, 11) is 0. The van der Waals surface area contributed by atoms with E-state index >= 15 is 0 Å². The van der Waals surface area contributed by atoms with Gasteiger partial charge in [0.25, 0.3) is 5.91 Å². The molecule has 1 atom stereocenters. The summed E-state index contributed by atoms with van der Waals surface area (Å²) in [5.74, 6) is -0.909. The molecule has 12 nitrogen and oxygen atoms in total. The predicted molar refractivity (Wildman–Crippen MR) is 133 cm³/mol. The van der Waals surface area contributed by atoms with E-state index in [1.165, 1.54) is 0 Å². The van der Waals surface area contributed by atoms with Gasteiger partial charge in [0, 0.05) is 62.0 Å². The Bertz CT molecular complexity index is 996. The minimum Gasteiger partial charge on any atom is -0.465 e. The molecule has 0 saturated carbocycles. The van der Waals surface area contributed by atoms with Crippen molar-refractivity contribution >= 4 is 29.5 Å². The lowest BCUT2D eigenvalue weighted by Crippen LogP contribution is -2.52. The van der Waals surface area contributed by atoms with Crippen LogP contribution in [0, 0.1) is 0 Å². The summed E-state index contributed by atoms with van der Waals surface area (Å²) in [5, 5.41) is 17.0. The maximum Gasteiger partial charge on any atom is 0.404 e. The van der Waals surface area contributed by atoms with Crippen LogP contribution in [0.5, 0.6) is 0 Å². The van der Waals surface area contributed by atoms with Gasteiger partial charge in [-0.15, -0.1) is 0 Å². The number of likely N-dealkylation sites (tertiary alicyclic amines) is 1. The molecule has 1 aromatic rings. The van der Waals surface area contributed by atoms with Crippen LogP contribution in [0.2, 0.25) is 0 Å². The number of carboxylic acid groups (broad SMARTS) is 1. The number of amides is 4. The van der Waals surface area contributed by atoms with Gasteiger partial charge in [0.1, 0.15) is 6.04 Å². The van der Waals surface area contributed by atoms with Crippen molar-refractivity contribution in [2.24, 2.45) is 0 Å². The minimum absolute atomic E-state index is 0.0402.